The van der Waals surface area contributed by atoms with Crippen molar-refractivity contribution in [3.8, 4) is 0 Å². The van der Waals surface area contributed by atoms with Crippen LogP contribution in [0.3, 0.4) is 0 Å². The molecule has 0 amide bonds. The summed E-state index contributed by atoms with van der Waals surface area (Å²) in [5.41, 5.74) is 0.518. The van der Waals surface area contributed by atoms with Crippen molar-refractivity contribution in [3.63, 3.8) is 0 Å². The Kier molecular flexibility index (Phi) is 3.31. The van der Waals surface area contributed by atoms with Crippen molar-refractivity contribution in [1.29, 1.82) is 0 Å². The lowest BCUT2D eigenvalue weighted by atomic mass is 10.4. The van der Waals surface area contributed by atoms with Crippen molar-refractivity contribution in [2.24, 2.45) is 0 Å². The van der Waals surface area contributed by atoms with E-state index in [2.05, 4.69) is 0 Å². The van der Waals surface area contributed by atoms with Crippen molar-refractivity contribution < 1.29 is 8.94 Å². The van der Waals surface area contributed by atoms with Gasteiger partial charge < -0.3 is 5.21 Å². The molecule has 0 aliphatic rings. The number of pyridine rings is 1. The van der Waals surface area contributed by atoms with Crippen LogP contribution in [0.5, 0.6) is 0 Å². The first-order chi connectivity index (χ1) is 7.77. The molecule has 1 aromatic carbocycles. The van der Waals surface area contributed by atoms with Gasteiger partial charge in [0.1, 0.15) is 5.75 Å². The molecule has 0 N–H and O–H groups in total. The quantitative estimate of drug-likeness (QED) is 0.597. The van der Waals surface area contributed by atoms with Crippen molar-refractivity contribution in [2.75, 3.05) is 0 Å². The van der Waals surface area contributed by atoms with E-state index in [-0.39, 0.29) is 5.75 Å². The van der Waals surface area contributed by atoms with Crippen LogP contribution < -0.4 is 4.73 Å². The van der Waals surface area contributed by atoms with E-state index < -0.39 is 10.8 Å². The number of aromatic nitrogens is 1. The topological polar surface area (TPSA) is 44.0 Å². The van der Waals surface area contributed by atoms with Gasteiger partial charge in [0.2, 0.25) is 5.69 Å². The number of benzene rings is 1. The van der Waals surface area contributed by atoms with Gasteiger partial charge in [-0.1, -0.05) is 18.2 Å². The fourth-order valence-corrected chi connectivity index (χ4v) is 2.48. The second-order valence-corrected chi connectivity index (χ2v) is 4.77. The predicted octanol–water partition coefficient (Wildman–Crippen LogP) is 1.63. The molecule has 0 spiro atoms. The third-order valence-electron chi connectivity index (χ3n) is 2.19. The van der Waals surface area contributed by atoms with Gasteiger partial charge >= 0.3 is 0 Å². The maximum Gasteiger partial charge on any atom is 0.205 e. The van der Waals surface area contributed by atoms with Crippen molar-refractivity contribution in [3.05, 3.63) is 65.6 Å². The van der Waals surface area contributed by atoms with E-state index in [4.69, 9.17) is 0 Å². The van der Waals surface area contributed by atoms with Crippen LogP contribution in [0.2, 0.25) is 0 Å². The molecule has 0 bridgehead atoms. The summed E-state index contributed by atoms with van der Waals surface area (Å²) in [4.78, 5) is 0.742. The molecular weight excluding hydrogens is 222 g/mol. The second-order valence-electron chi connectivity index (χ2n) is 3.32. The molecule has 1 aromatic heterocycles. The molecule has 0 radical (unpaired) electrons. The lowest BCUT2D eigenvalue weighted by Crippen LogP contribution is -2.31. The summed E-state index contributed by atoms with van der Waals surface area (Å²) >= 11 is 0. The Bertz CT molecular complexity index is 499. The lowest BCUT2D eigenvalue weighted by Gasteiger charge is -2.03. The third-order valence-corrected chi connectivity index (χ3v) is 3.55. The molecule has 0 aliphatic heterocycles. The van der Waals surface area contributed by atoms with E-state index in [1.165, 1.54) is 6.20 Å². The molecule has 0 fully saturated rings. The highest BCUT2D eigenvalue weighted by Crippen LogP contribution is 2.09. The Morgan fingerprint density at radius 3 is 2.44 bits per heavy atom. The summed E-state index contributed by atoms with van der Waals surface area (Å²) in [5.74, 6) is 0.244. The minimum Gasteiger partial charge on any atom is -0.618 e. The Morgan fingerprint density at radius 2 is 1.75 bits per heavy atom. The van der Waals surface area contributed by atoms with Crippen LogP contribution >= 0.6 is 0 Å². The number of nitrogens with zero attached hydrogens (tertiary/aromatic N) is 1. The fraction of sp³-hybridized carbons (Fsp3) is 0.0833. The van der Waals surface area contributed by atoms with Gasteiger partial charge in [0.05, 0.1) is 10.8 Å². The Morgan fingerprint density at radius 1 is 1.06 bits per heavy atom. The van der Waals surface area contributed by atoms with Crippen molar-refractivity contribution in [2.45, 2.75) is 10.6 Å². The number of hydrogen-bond acceptors (Lipinski definition) is 2. The monoisotopic (exact) mass is 233 g/mol. The molecule has 0 saturated heterocycles. The smallest absolute Gasteiger partial charge is 0.205 e. The first-order valence-corrected chi connectivity index (χ1v) is 6.20. The van der Waals surface area contributed by atoms with Crippen LogP contribution in [-0.4, -0.2) is 4.21 Å². The van der Waals surface area contributed by atoms with Gasteiger partial charge in [-0.25, -0.2) is 0 Å². The number of hydrogen-bond donors (Lipinski definition) is 0. The highest BCUT2D eigenvalue weighted by atomic mass is 32.2. The molecule has 1 unspecified atom stereocenters. The molecule has 2 rings (SSSR count). The van der Waals surface area contributed by atoms with Crippen LogP contribution in [0.4, 0.5) is 0 Å². The largest absolute Gasteiger partial charge is 0.618 e. The SMILES string of the molecule is O=S(Cc1cccc[n+]1[O-])c1ccccc1. The van der Waals surface area contributed by atoms with Gasteiger partial charge in [-0.3, -0.25) is 4.21 Å². The van der Waals surface area contributed by atoms with E-state index >= 15 is 0 Å². The Balaban J connectivity index is 2.18. The van der Waals surface area contributed by atoms with E-state index in [1.807, 2.05) is 18.2 Å². The molecule has 2 aromatic rings. The summed E-state index contributed by atoms with van der Waals surface area (Å²) < 4.78 is 12.7. The van der Waals surface area contributed by atoms with Gasteiger partial charge in [0, 0.05) is 17.0 Å². The highest BCUT2D eigenvalue weighted by Gasteiger charge is 2.10. The molecule has 0 aliphatic carbocycles. The van der Waals surface area contributed by atoms with Crippen LogP contribution in [0.15, 0.2) is 59.6 Å². The van der Waals surface area contributed by atoms with Gasteiger partial charge in [0.25, 0.3) is 0 Å². The summed E-state index contributed by atoms with van der Waals surface area (Å²) in [7, 11) is -1.17. The lowest BCUT2D eigenvalue weighted by molar-refractivity contribution is -0.612. The predicted molar refractivity (Wildman–Crippen MR) is 62.0 cm³/mol. The first kappa shape index (κ1) is 10.8. The van der Waals surface area contributed by atoms with Gasteiger partial charge in [-0.2, -0.15) is 4.73 Å². The van der Waals surface area contributed by atoms with Gasteiger partial charge in [-0.15, -0.1) is 0 Å². The molecule has 4 heteroatoms. The molecule has 16 heavy (non-hydrogen) atoms. The van der Waals surface area contributed by atoms with Crippen molar-refractivity contribution >= 4 is 10.8 Å². The maximum absolute atomic E-state index is 11.9. The standard InChI is InChI=1S/C12H11NO2S/c14-13-9-5-4-6-11(13)10-16(15)12-7-2-1-3-8-12/h1-9H,10H2. The number of rotatable bonds is 3. The van der Waals surface area contributed by atoms with Crippen LogP contribution in [0.25, 0.3) is 0 Å². The first-order valence-electron chi connectivity index (χ1n) is 4.88. The summed E-state index contributed by atoms with van der Waals surface area (Å²) in [6.07, 6.45) is 1.41. The third kappa shape index (κ3) is 2.46. The fourth-order valence-electron chi connectivity index (χ4n) is 1.37. The van der Waals surface area contributed by atoms with Crippen molar-refractivity contribution in [1.82, 2.24) is 0 Å². The zero-order valence-corrected chi connectivity index (χ0v) is 9.39. The van der Waals surface area contributed by atoms with Gasteiger partial charge in [0.15, 0.2) is 6.20 Å². The normalized spacial score (nSPS) is 12.2. The zero-order chi connectivity index (χ0) is 11.4. The average Bonchev–Trinajstić information content (AvgIpc) is 2.33. The molecule has 1 atom stereocenters. The summed E-state index contributed by atoms with van der Waals surface area (Å²) in [6.45, 7) is 0. The molecule has 1 heterocycles. The zero-order valence-electron chi connectivity index (χ0n) is 8.58. The maximum atomic E-state index is 11.9. The summed E-state index contributed by atoms with van der Waals surface area (Å²) in [6, 6.07) is 14.3. The van der Waals surface area contributed by atoms with E-state index in [9.17, 15) is 9.42 Å². The molecule has 3 nitrogen and oxygen atoms in total. The minimum atomic E-state index is -1.17. The highest BCUT2D eigenvalue weighted by molar-refractivity contribution is 7.84. The van der Waals surface area contributed by atoms with Crippen LogP contribution in [0, 0.1) is 5.21 Å². The Hall–Kier alpha value is -1.68. The van der Waals surface area contributed by atoms with Crippen LogP contribution in [-0.2, 0) is 16.6 Å². The van der Waals surface area contributed by atoms with E-state index in [0.717, 1.165) is 9.63 Å². The molecule has 82 valence electrons. The average molecular weight is 233 g/mol. The minimum absolute atomic E-state index is 0.244. The molecular formula is C12H11NO2S. The second kappa shape index (κ2) is 4.90. The van der Waals surface area contributed by atoms with Crippen LogP contribution in [0.1, 0.15) is 5.69 Å². The molecule has 0 saturated carbocycles. The van der Waals surface area contributed by atoms with E-state index in [0.29, 0.717) is 5.69 Å². The summed E-state index contributed by atoms with van der Waals surface area (Å²) in [5, 5.41) is 11.4. The van der Waals surface area contributed by atoms with E-state index in [1.54, 1.807) is 30.3 Å². The van der Waals surface area contributed by atoms with Gasteiger partial charge in [-0.05, 0) is 18.2 Å². The Labute approximate surface area is 96.4 Å².